The minimum atomic E-state index is -0.893. The number of aliphatic hydroxyl groups is 1. The van der Waals surface area contributed by atoms with Crippen LogP contribution in [0.1, 0.15) is 43.6 Å². The predicted molar refractivity (Wildman–Crippen MR) is 79.6 cm³/mol. The summed E-state index contributed by atoms with van der Waals surface area (Å²) < 4.78 is 5.51. The Morgan fingerprint density at radius 3 is 2.30 bits per heavy atom. The molecule has 0 radical (unpaired) electrons. The molecule has 0 unspecified atom stereocenters. The van der Waals surface area contributed by atoms with E-state index in [-0.39, 0.29) is 12.0 Å². The van der Waals surface area contributed by atoms with Gasteiger partial charge in [-0.3, -0.25) is 4.79 Å². The van der Waals surface area contributed by atoms with Gasteiger partial charge in [0.2, 0.25) is 0 Å². The van der Waals surface area contributed by atoms with Crippen molar-refractivity contribution in [1.29, 1.82) is 0 Å². The molecule has 0 aromatic heterocycles. The van der Waals surface area contributed by atoms with E-state index in [0.29, 0.717) is 18.7 Å². The molecule has 20 heavy (non-hydrogen) atoms. The van der Waals surface area contributed by atoms with Gasteiger partial charge in [-0.25, -0.2) is 0 Å². The monoisotopic (exact) mass is 279 g/mol. The van der Waals surface area contributed by atoms with Crippen LogP contribution in [0.25, 0.3) is 0 Å². The second-order valence-electron chi connectivity index (χ2n) is 6.03. The molecule has 0 fully saturated rings. The van der Waals surface area contributed by atoms with Crippen LogP contribution in [-0.2, 0) is 11.3 Å². The number of carbonyl (C=O) groups excluding carboxylic acids is 1. The van der Waals surface area contributed by atoms with Crippen LogP contribution in [0, 0.1) is 0 Å². The molecule has 0 heterocycles. The number of benzene rings is 1. The van der Waals surface area contributed by atoms with Gasteiger partial charge in [0.25, 0.3) is 5.91 Å². The van der Waals surface area contributed by atoms with E-state index in [0.717, 1.165) is 5.56 Å². The summed E-state index contributed by atoms with van der Waals surface area (Å²) in [6, 6.07) is 7.38. The van der Waals surface area contributed by atoms with Crippen molar-refractivity contribution in [2.75, 3.05) is 13.6 Å². The molecule has 0 aliphatic heterocycles. The van der Waals surface area contributed by atoms with Gasteiger partial charge in [-0.15, -0.1) is 0 Å². The van der Waals surface area contributed by atoms with Gasteiger partial charge in [0, 0.05) is 19.2 Å². The molecule has 1 aromatic carbocycles. The van der Waals surface area contributed by atoms with E-state index in [1.807, 2.05) is 26.0 Å². The average molecular weight is 279 g/mol. The molecule has 1 N–H and O–H groups in total. The van der Waals surface area contributed by atoms with E-state index in [4.69, 9.17) is 4.74 Å². The van der Waals surface area contributed by atoms with Crippen molar-refractivity contribution in [2.45, 2.75) is 46.0 Å². The molecular weight excluding hydrogens is 254 g/mol. The summed E-state index contributed by atoms with van der Waals surface area (Å²) in [6.07, 6.45) is 0.189. The Bertz CT molecular complexity index is 432. The van der Waals surface area contributed by atoms with E-state index in [1.165, 1.54) is 4.90 Å². The highest BCUT2D eigenvalue weighted by Crippen LogP contribution is 2.11. The van der Waals surface area contributed by atoms with Crippen LogP contribution in [0.2, 0.25) is 0 Å². The van der Waals surface area contributed by atoms with Crippen molar-refractivity contribution in [3.05, 3.63) is 35.4 Å². The number of ether oxygens (including phenoxy) is 1. The van der Waals surface area contributed by atoms with Gasteiger partial charge in [0.1, 0.15) is 0 Å². The molecule has 112 valence electrons. The van der Waals surface area contributed by atoms with Gasteiger partial charge >= 0.3 is 0 Å². The third-order valence-corrected chi connectivity index (χ3v) is 2.76. The molecule has 4 heteroatoms. The number of amides is 1. The summed E-state index contributed by atoms with van der Waals surface area (Å²) in [7, 11) is 1.69. The summed E-state index contributed by atoms with van der Waals surface area (Å²) in [4.78, 5) is 13.7. The Morgan fingerprint density at radius 2 is 1.85 bits per heavy atom. The van der Waals surface area contributed by atoms with Gasteiger partial charge in [-0.05, 0) is 45.4 Å². The molecule has 0 spiro atoms. The zero-order valence-corrected chi connectivity index (χ0v) is 13.0. The number of hydrogen-bond donors (Lipinski definition) is 1. The van der Waals surface area contributed by atoms with Gasteiger partial charge in [-0.2, -0.15) is 0 Å². The molecular formula is C16H25NO3. The first kappa shape index (κ1) is 16.7. The normalized spacial score (nSPS) is 11.8. The van der Waals surface area contributed by atoms with E-state index in [2.05, 4.69) is 0 Å². The Hall–Kier alpha value is -1.39. The first-order valence-corrected chi connectivity index (χ1v) is 6.87. The highest BCUT2D eigenvalue weighted by Gasteiger charge is 2.20. The van der Waals surface area contributed by atoms with E-state index in [1.54, 1.807) is 33.0 Å². The number of nitrogens with zero attached hydrogens (tertiary/aromatic N) is 1. The molecule has 4 nitrogen and oxygen atoms in total. The quantitative estimate of drug-likeness (QED) is 0.870. The third kappa shape index (κ3) is 5.72. The lowest BCUT2D eigenvalue weighted by Gasteiger charge is -2.25. The fourth-order valence-electron chi connectivity index (χ4n) is 1.88. The lowest BCUT2D eigenvalue weighted by Crippen LogP contribution is -2.39. The Balaban J connectivity index is 2.65. The van der Waals surface area contributed by atoms with Gasteiger partial charge in [-0.1, -0.05) is 12.1 Å². The second kappa shape index (κ2) is 6.86. The predicted octanol–water partition coefficient (Wildman–Crippen LogP) is 2.45. The lowest BCUT2D eigenvalue weighted by atomic mass is 10.1. The number of likely N-dealkylation sites (N-methyl/N-ethyl adjacent to an activating group) is 1. The summed E-state index contributed by atoms with van der Waals surface area (Å²) in [5, 5.41) is 9.74. The van der Waals surface area contributed by atoms with Crippen LogP contribution >= 0.6 is 0 Å². The van der Waals surface area contributed by atoms with Crippen LogP contribution in [0.15, 0.2) is 24.3 Å². The molecule has 0 aliphatic rings. The standard InChI is InChI=1S/C16H25NO3/c1-12(2)20-10-13-6-8-14(9-7-13)15(18)17(5)11-16(3,4)19/h6-9,12,19H,10-11H2,1-5H3. The summed E-state index contributed by atoms with van der Waals surface area (Å²) in [5.41, 5.74) is 0.764. The van der Waals surface area contributed by atoms with Crippen molar-refractivity contribution >= 4 is 5.91 Å². The van der Waals surface area contributed by atoms with E-state index in [9.17, 15) is 9.90 Å². The third-order valence-electron chi connectivity index (χ3n) is 2.76. The zero-order chi connectivity index (χ0) is 15.3. The van der Waals surface area contributed by atoms with Crippen molar-refractivity contribution < 1.29 is 14.6 Å². The first-order chi connectivity index (χ1) is 9.19. The van der Waals surface area contributed by atoms with Crippen molar-refractivity contribution in [1.82, 2.24) is 4.90 Å². The van der Waals surface area contributed by atoms with E-state index < -0.39 is 5.60 Å². The highest BCUT2D eigenvalue weighted by molar-refractivity contribution is 5.94. The van der Waals surface area contributed by atoms with Crippen molar-refractivity contribution in [2.24, 2.45) is 0 Å². The SMILES string of the molecule is CC(C)OCc1ccc(C(=O)N(C)CC(C)(C)O)cc1. The molecule has 1 aromatic rings. The minimum absolute atomic E-state index is 0.0940. The summed E-state index contributed by atoms with van der Waals surface area (Å²) in [5.74, 6) is -0.0940. The highest BCUT2D eigenvalue weighted by atomic mass is 16.5. The first-order valence-electron chi connectivity index (χ1n) is 6.87. The number of hydrogen-bond acceptors (Lipinski definition) is 3. The van der Waals surface area contributed by atoms with Crippen molar-refractivity contribution in [3.63, 3.8) is 0 Å². The summed E-state index contributed by atoms with van der Waals surface area (Å²) in [6.45, 7) is 8.19. The topological polar surface area (TPSA) is 49.8 Å². The average Bonchev–Trinajstić information content (AvgIpc) is 2.34. The molecule has 0 saturated carbocycles. The maximum absolute atomic E-state index is 12.2. The Morgan fingerprint density at radius 1 is 1.30 bits per heavy atom. The molecule has 1 amide bonds. The fourth-order valence-corrected chi connectivity index (χ4v) is 1.88. The summed E-state index contributed by atoms with van der Waals surface area (Å²) >= 11 is 0. The molecule has 0 atom stereocenters. The number of rotatable bonds is 6. The molecule has 0 saturated heterocycles. The Kier molecular flexibility index (Phi) is 5.72. The fraction of sp³-hybridized carbons (Fsp3) is 0.562. The Labute approximate surface area is 121 Å². The van der Waals surface area contributed by atoms with Crippen LogP contribution in [-0.4, -0.2) is 41.2 Å². The lowest BCUT2D eigenvalue weighted by molar-refractivity contribution is 0.0368. The van der Waals surface area contributed by atoms with Gasteiger partial charge in [0.15, 0.2) is 0 Å². The number of carbonyl (C=O) groups is 1. The maximum Gasteiger partial charge on any atom is 0.253 e. The van der Waals surface area contributed by atoms with Crippen LogP contribution in [0.4, 0.5) is 0 Å². The van der Waals surface area contributed by atoms with Gasteiger partial charge in [0.05, 0.1) is 18.3 Å². The van der Waals surface area contributed by atoms with E-state index >= 15 is 0 Å². The molecule has 1 rings (SSSR count). The van der Waals surface area contributed by atoms with Gasteiger partial charge < -0.3 is 14.7 Å². The zero-order valence-electron chi connectivity index (χ0n) is 13.0. The maximum atomic E-state index is 12.2. The van der Waals surface area contributed by atoms with Crippen LogP contribution < -0.4 is 0 Å². The smallest absolute Gasteiger partial charge is 0.253 e. The van der Waals surface area contributed by atoms with Crippen LogP contribution in [0.5, 0.6) is 0 Å². The molecule has 0 bridgehead atoms. The second-order valence-corrected chi connectivity index (χ2v) is 6.03. The largest absolute Gasteiger partial charge is 0.389 e. The van der Waals surface area contributed by atoms with Crippen molar-refractivity contribution in [3.8, 4) is 0 Å². The van der Waals surface area contributed by atoms with Crippen LogP contribution in [0.3, 0.4) is 0 Å². The molecule has 0 aliphatic carbocycles. The minimum Gasteiger partial charge on any atom is -0.389 e.